The standard InChI is InChI=1S/C28H24F3N3O6S/c1-14(2)24-19(23(34-40-24)17-7-5-6-8-20(17)39-28(29,30)31)13-37-16-9-10-18(21(12-16)36-4)25-15(3)11-22(41-25)26-32-33-27(35)38-26/h5-12,14H,13H2,1-4H3,(H,33,35). The molecule has 0 spiro atoms. The highest BCUT2D eigenvalue weighted by Gasteiger charge is 2.33. The summed E-state index contributed by atoms with van der Waals surface area (Å²) in [6.45, 7) is 5.66. The zero-order valence-electron chi connectivity index (χ0n) is 22.3. The highest BCUT2D eigenvalue weighted by Crippen LogP contribution is 2.43. The van der Waals surface area contributed by atoms with Crippen LogP contribution < -0.4 is 20.0 Å². The van der Waals surface area contributed by atoms with E-state index < -0.39 is 17.9 Å². The van der Waals surface area contributed by atoms with Gasteiger partial charge in [-0.15, -0.1) is 29.6 Å². The van der Waals surface area contributed by atoms with Crippen molar-refractivity contribution in [2.45, 2.75) is 39.7 Å². The van der Waals surface area contributed by atoms with E-state index in [1.165, 1.54) is 36.6 Å². The lowest BCUT2D eigenvalue weighted by Crippen LogP contribution is -2.17. The van der Waals surface area contributed by atoms with E-state index >= 15 is 0 Å². The first-order valence-electron chi connectivity index (χ1n) is 12.3. The predicted octanol–water partition coefficient (Wildman–Crippen LogP) is 7.33. The van der Waals surface area contributed by atoms with Crippen LogP contribution in [-0.4, -0.2) is 28.8 Å². The van der Waals surface area contributed by atoms with Crippen molar-refractivity contribution in [1.29, 1.82) is 0 Å². The Labute approximate surface area is 235 Å². The third-order valence-corrected chi connectivity index (χ3v) is 7.34. The molecule has 2 aromatic carbocycles. The fourth-order valence-electron chi connectivity index (χ4n) is 4.30. The average molecular weight is 588 g/mol. The van der Waals surface area contributed by atoms with Gasteiger partial charge in [0.2, 0.25) is 0 Å². The minimum Gasteiger partial charge on any atom is -0.496 e. The summed E-state index contributed by atoms with van der Waals surface area (Å²) in [7, 11) is 1.53. The Morgan fingerprint density at radius 2 is 1.85 bits per heavy atom. The van der Waals surface area contributed by atoms with Crippen LogP contribution in [0.1, 0.15) is 36.7 Å². The molecular formula is C28H24F3N3O6S. The molecule has 0 saturated carbocycles. The van der Waals surface area contributed by atoms with E-state index in [1.54, 1.807) is 18.2 Å². The van der Waals surface area contributed by atoms with E-state index in [4.69, 9.17) is 18.4 Å². The van der Waals surface area contributed by atoms with Crippen LogP contribution in [0.3, 0.4) is 0 Å². The Morgan fingerprint density at radius 1 is 1.07 bits per heavy atom. The number of hydrogen-bond donors (Lipinski definition) is 1. The lowest BCUT2D eigenvalue weighted by atomic mass is 10.0. The first kappa shape index (κ1) is 28.0. The van der Waals surface area contributed by atoms with E-state index in [0.29, 0.717) is 27.7 Å². The van der Waals surface area contributed by atoms with Crippen molar-refractivity contribution in [3.05, 3.63) is 76.0 Å². The van der Waals surface area contributed by atoms with Crippen LogP contribution in [0.15, 0.2) is 62.3 Å². The molecule has 0 radical (unpaired) electrons. The van der Waals surface area contributed by atoms with Crippen LogP contribution in [0, 0.1) is 6.92 Å². The number of hydrogen-bond acceptors (Lipinski definition) is 9. The summed E-state index contributed by atoms with van der Waals surface area (Å²) in [4.78, 5) is 12.9. The number of nitrogens with one attached hydrogen (secondary N) is 1. The SMILES string of the molecule is COc1cc(OCc2c(-c3ccccc3OC(F)(F)F)noc2C(C)C)ccc1-c1sc(-c2n[nH]c(=O)o2)cc1C. The highest BCUT2D eigenvalue weighted by atomic mass is 32.1. The van der Waals surface area contributed by atoms with Crippen molar-refractivity contribution < 1.29 is 36.3 Å². The van der Waals surface area contributed by atoms with Gasteiger partial charge in [0.15, 0.2) is 0 Å². The van der Waals surface area contributed by atoms with Gasteiger partial charge in [-0.05, 0) is 42.8 Å². The average Bonchev–Trinajstić information content (AvgIpc) is 3.65. The Morgan fingerprint density at radius 3 is 2.54 bits per heavy atom. The first-order chi connectivity index (χ1) is 19.5. The predicted molar refractivity (Wildman–Crippen MR) is 144 cm³/mol. The number of nitrogens with zero attached hydrogens (tertiary/aromatic N) is 2. The Hall–Kier alpha value is -4.52. The molecule has 5 rings (SSSR count). The molecule has 0 fully saturated rings. The molecule has 214 valence electrons. The smallest absolute Gasteiger partial charge is 0.496 e. The van der Waals surface area contributed by atoms with Gasteiger partial charge in [-0.25, -0.2) is 9.89 Å². The van der Waals surface area contributed by atoms with Crippen molar-refractivity contribution >= 4 is 11.3 Å². The molecule has 0 unspecified atom stereocenters. The molecule has 0 aliphatic carbocycles. The zero-order chi connectivity index (χ0) is 29.3. The lowest BCUT2D eigenvalue weighted by Gasteiger charge is -2.14. The number of aryl methyl sites for hydroxylation is 1. The number of aromatic amines is 1. The van der Waals surface area contributed by atoms with Crippen molar-refractivity contribution in [3.8, 4) is 49.7 Å². The Kier molecular flexibility index (Phi) is 7.63. The second-order valence-corrected chi connectivity index (χ2v) is 10.3. The fraction of sp³-hybridized carbons (Fsp3) is 0.250. The second-order valence-electron chi connectivity index (χ2n) is 9.26. The molecule has 5 aromatic rings. The van der Waals surface area contributed by atoms with Gasteiger partial charge in [0.05, 0.1) is 17.6 Å². The minimum absolute atomic E-state index is 0.0322. The van der Waals surface area contributed by atoms with Gasteiger partial charge < -0.3 is 23.2 Å². The van der Waals surface area contributed by atoms with Crippen molar-refractivity contribution in [3.63, 3.8) is 0 Å². The molecule has 0 saturated heterocycles. The number of alkyl halides is 3. The number of para-hydroxylation sites is 1. The van der Waals surface area contributed by atoms with Gasteiger partial charge in [-0.2, -0.15) is 0 Å². The van der Waals surface area contributed by atoms with Gasteiger partial charge in [0, 0.05) is 28.0 Å². The largest absolute Gasteiger partial charge is 0.573 e. The van der Waals surface area contributed by atoms with Crippen molar-refractivity contribution in [1.82, 2.24) is 15.4 Å². The van der Waals surface area contributed by atoms with Crippen LogP contribution >= 0.6 is 11.3 Å². The van der Waals surface area contributed by atoms with E-state index in [2.05, 4.69) is 20.1 Å². The molecule has 13 heteroatoms. The first-order valence-corrected chi connectivity index (χ1v) is 13.2. The van der Waals surface area contributed by atoms with Crippen LogP contribution in [0.2, 0.25) is 0 Å². The summed E-state index contributed by atoms with van der Waals surface area (Å²) in [6.07, 6.45) is -4.87. The number of ether oxygens (including phenoxy) is 3. The maximum Gasteiger partial charge on any atom is 0.573 e. The molecule has 0 aliphatic heterocycles. The van der Waals surface area contributed by atoms with E-state index in [1.807, 2.05) is 32.9 Å². The topological polar surface area (TPSA) is 113 Å². The molecule has 9 nitrogen and oxygen atoms in total. The van der Waals surface area contributed by atoms with Crippen LogP contribution in [0.25, 0.3) is 32.5 Å². The number of H-pyrrole nitrogens is 1. The summed E-state index contributed by atoms with van der Waals surface area (Å²) in [5.74, 6) is 0.520. The monoisotopic (exact) mass is 587 g/mol. The number of halogens is 3. The Balaban J connectivity index is 1.44. The number of benzene rings is 2. The molecule has 3 aromatic heterocycles. The molecular weight excluding hydrogens is 563 g/mol. The summed E-state index contributed by atoms with van der Waals surface area (Å²) in [5.41, 5.74) is 2.55. The number of aromatic nitrogens is 3. The minimum atomic E-state index is -4.87. The molecule has 0 atom stereocenters. The Bertz CT molecular complexity index is 1730. The maximum atomic E-state index is 13.1. The fourth-order valence-corrected chi connectivity index (χ4v) is 5.43. The van der Waals surface area contributed by atoms with Crippen molar-refractivity contribution in [2.75, 3.05) is 7.11 Å². The van der Waals surface area contributed by atoms with E-state index in [0.717, 1.165) is 16.0 Å². The van der Waals surface area contributed by atoms with E-state index in [9.17, 15) is 18.0 Å². The zero-order valence-corrected chi connectivity index (χ0v) is 23.1. The molecule has 41 heavy (non-hydrogen) atoms. The van der Waals surface area contributed by atoms with E-state index in [-0.39, 0.29) is 29.7 Å². The van der Waals surface area contributed by atoms with Gasteiger partial charge in [-0.1, -0.05) is 31.1 Å². The van der Waals surface area contributed by atoms with Crippen molar-refractivity contribution in [2.24, 2.45) is 0 Å². The van der Waals surface area contributed by atoms with Crippen LogP contribution in [-0.2, 0) is 6.61 Å². The normalized spacial score (nSPS) is 11.7. The van der Waals surface area contributed by atoms with Gasteiger partial charge in [-0.3, -0.25) is 0 Å². The molecule has 1 N–H and O–H groups in total. The molecule has 0 aliphatic rings. The molecule has 0 bridgehead atoms. The summed E-state index contributed by atoms with van der Waals surface area (Å²) in [5, 5.41) is 10.2. The third kappa shape index (κ3) is 5.99. The molecule has 3 heterocycles. The van der Waals surface area contributed by atoms with Gasteiger partial charge in [0.1, 0.15) is 35.3 Å². The summed E-state index contributed by atoms with van der Waals surface area (Å²) in [6, 6.07) is 12.9. The lowest BCUT2D eigenvalue weighted by molar-refractivity contribution is -0.274. The second kappa shape index (κ2) is 11.2. The number of rotatable bonds is 9. The number of methoxy groups -OCH3 is 1. The van der Waals surface area contributed by atoms with Crippen LogP contribution in [0.5, 0.6) is 17.2 Å². The highest BCUT2D eigenvalue weighted by molar-refractivity contribution is 7.19. The maximum absolute atomic E-state index is 13.1. The third-order valence-electron chi connectivity index (χ3n) is 6.08. The summed E-state index contributed by atoms with van der Waals surface area (Å²) < 4.78 is 65.7. The summed E-state index contributed by atoms with van der Waals surface area (Å²) >= 11 is 1.39. The number of thiophene rings is 1. The molecule has 0 amide bonds. The van der Waals surface area contributed by atoms with Crippen LogP contribution in [0.4, 0.5) is 13.2 Å². The van der Waals surface area contributed by atoms with Gasteiger partial charge >= 0.3 is 12.1 Å². The quantitative estimate of drug-likeness (QED) is 0.191. The van der Waals surface area contributed by atoms with Gasteiger partial charge in [0.25, 0.3) is 5.89 Å².